The number of thioether (sulfide) groups is 1. The van der Waals surface area contributed by atoms with Crippen LogP contribution in [0.25, 0.3) is 0 Å². The van der Waals surface area contributed by atoms with Gasteiger partial charge in [-0.3, -0.25) is 9.98 Å². The molecule has 148 valence electrons. The number of hydrogen-bond donors (Lipinski definition) is 0. The minimum Gasteiger partial charge on any atom is -0.493 e. The predicted octanol–water partition coefficient (Wildman–Crippen LogP) is 5.23. The number of benzene rings is 1. The topological polar surface area (TPSA) is 47.0 Å². The van der Waals surface area contributed by atoms with E-state index in [0.717, 1.165) is 44.6 Å². The van der Waals surface area contributed by atoms with Gasteiger partial charge in [-0.05, 0) is 59.1 Å². The summed E-state index contributed by atoms with van der Waals surface area (Å²) in [6, 6.07) is 10.8. The maximum absolute atomic E-state index is 5.79. The Balaban J connectivity index is 1.81. The average Bonchev–Trinajstić information content (AvgIpc) is 3.29. The smallest absolute Gasteiger partial charge is 0.175 e. The lowest BCUT2D eigenvalue weighted by molar-refractivity contribution is 0.253. The molecule has 7 heteroatoms. The first-order valence-electron chi connectivity index (χ1n) is 9.58. The molecule has 1 saturated heterocycles. The van der Waals surface area contributed by atoms with E-state index in [0.29, 0.717) is 12.6 Å². The summed E-state index contributed by atoms with van der Waals surface area (Å²) in [5.41, 5.74) is 2.15. The number of halogens is 1. The van der Waals surface area contributed by atoms with Crippen LogP contribution < -0.4 is 9.47 Å². The number of aliphatic imine (C=N–C) groups is 1. The molecule has 0 bridgehead atoms. The Morgan fingerprint density at radius 2 is 2.14 bits per heavy atom. The molecule has 2 aliphatic heterocycles. The summed E-state index contributed by atoms with van der Waals surface area (Å²) in [7, 11) is 1.68. The van der Waals surface area contributed by atoms with Crippen LogP contribution in [-0.4, -0.2) is 40.6 Å². The van der Waals surface area contributed by atoms with Gasteiger partial charge in [-0.2, -0.15) is 0 Å². The van der Waals surface area contributed by atoms with E-state index in [1.807, 2.05) is 37.0 Å². The van der Waals surface area contributed by atoms with Gasteiger partial charge >= 0.3 is 0 Å². The number of rotatable bonds is 6. The molecule has 0 saturated carbocycles. The van der Waals surface area contributed by atoms with Crippen LogP contribution in [0.4, 0.5) is 0 Å². The summed E-state index contributed by atoms with van der Waals surface area (Å²) < 4.78 is 12.3. The van der Waals surface area contributed by atoms with Crippen LogP contribution in [0.3, 0.4) is 0 Å². The summed E-state index contributed by atoms with van der Waals surface area (Å²) >= 11 is 5.53. The van der Waals surface area contributed by atoms with E-state index in [9.17, 15) is 0 Å². The highest BCUT2D eigenvalue weighted by molar-refractivity contribution is 9.10. The van der Waals surface area contributed by atoms with Crippen LogP contribution in [0.15, 0.2) is 46.0 Å². The third kappa shape index (κ3) is 3.39. The summed E-state index contributed by atoms with van der Waals surface area (Å²) in [5.74, 6) is 2.56. The van der Waals surface area contributed by atoms with Crippen molar-refractivity contribution in [2.75, 3.05) is 19.5 Å². The minimum absolute atomic E-state index is 0.0346. The second-order valence-electron chi connectivity index (χ2n) is 6.80. The van der Waals surface area contributed by atoms with E-state index in [-0.39, 0.29) is 12.1 Å². The van der Waals surface area contributed by atoms with Gasteiger partial charge in [-0.1, -0.05) is 24.8 Å². The van der Waals surface area contributed by atoms with Crippen molar-refractivity contribution in [3.05, 3.63) is 52.3 Å². The maximum atomic E-state index is 5.79. The fraction of sp³-hybridized carbons (Fsp3) is 0.429. The number of amidine groups is 1. The summed E-state index contributed by atoms with van der Waals surface area (Å²) in [4.78, 5) is 12.2. The molecule has 3 heterocycles. The van der Waals surface area contributed by atoms with Crippen molar-refractivity contribution < 1.29 is 9.47 Å². The van der Waals surface area contributed by atoms with Crippen molar-refractivity contribution in [2.45, 2.75) is 38.4 Å². The maximum Gasteiger partial charge on any atom is 0.175 e. The lowest BCUT2D eigenvalue weighted by atomic mass is 9.95. The van der Waals surface area contributed by atoms with Crippen molar-refractivity contribution in [3.8, 4) is 11.5 Å². The Labute approximate surface area is 178 Å². The van der Waals surface area contributed by atoms with Gasteiger partial charge in [0.25, 0.3) is 0 Å². The molecule has 1 aromatic heterocycles. The van der Waals surface area contributed by atoms with Crippen molar-refractivity contribution >= 4 is 32.9 Å². The van der Waals surface area contributed by atoms with E-state index in [2.05, 4.69) is 50.9 Å². The quantitative estimate of drug-likeness (QED) is 0.588. The van der Waals surface area contributed by atoms with Gasteiger partial charge in [0, 0.05) is 18.0 Å². The van der Waals surface area contributed by atoms with E-state index in [4.69, 9.17) is 14.5 Å². The Morgan fingerprint density at radius 1 is 1.29 bits per heavy atom. The van der Waals surface area contributed by atoms with Gasteiger partial charge in [0.1, 0.15) is 6.04 Å². The number of aromatic nitrogens is 1. The van der Waals surface area contributed by atoms with E-state index in [1.165, 1.54) is 0 Å². The van der Waals surface area contributed by atoms with Gasteiger partial charge in [0.15, 0.2) is 16.7 Å². The molecule has 0 radical (unpaired) electrons. The zero-order valence-corrected chi connectivity index (χ0v) is 18.7. The number of hydrogen-bond acceptors (Lipinski definition) is 6. The van der Waals surface area contributed by atoms with Crippen LogP contribution in [0, 0.1) is 0 Å². The SMILES string of the molecule is CCOc1c(Br)cc([C@@H]2[C@H](c3ccccn3)N=C3SC[C@@H](CC)N32)cc1OC. The van der Waals surface area contributed by atoms with Crippen LogP contribution in [-0.2, 0) is 0 Å². The first-order valence-corrected chi connectivity index (χ1v) is 11.4. The molecular weight excluding hydrogens is 438 g/mol. The second kappa shape index (κ2) is 8.33. The Morgan fingerprint density at radius 3 is 2.82 bits per heavy atom. The van der Waals surface area contributed by atoms with E-state index < -0.39 is 0 Å². The fourth-order valence-corrected chi connectivity index (χ4v) is 5.82. The lowest BCUT2D eigenvalue weighted by Crippen LogP contribution is -2.35. The highest BCUT2D eigenvalue weighted by Crippen LogP contribution is 2.50. The Bertz CT molecular complexity index is 877. The van der Waals surface area contributed by atoms with Crippen LogP contribution in [0.2, 0.25) is 0 Å². The lowest BCUT2D eigenvalue weighted by Gasteiger charge is -2.32. The van der Waals surface area contributed by atoms with Crippen molar-refractivity contribution in [1.29, 1.82) is 0 Å². The molecule has 1 fully saturated rings. The molecule has 5 nitrogen and oxygen atoms in total. The molecule has 2 aliphatic rings. The molecule has 1 aromatic carbocycles. The van der Waals surface area contributed by atoms with Gasteiger partial charge in [0.05, 0.1) is 29.9 Å². The van der Waals surface area contributed by atoms with Crippen LogP contribution in [0.1, 0.15) is 43.6 Å². The highest BCUT2D eigenvalue weighted by Gasteiger charge is 2.45. The van der Waals surface area contributed by atoms with Gasteiger partial charge < -0.3 is 14.4 Å². The molecule has 28 heavy (non-hydrogen) atoms. The monoisotopic (exact) mass is 461 g/mol. The first kappa shape index (κ1) is 19.6. The van der Waals surface area contributed by atoms with Gasteiger partial charge in [-0.25, -0.2) is 0 Å². The summed E-state index contributed by atoms with van der Waals surface area (Å²) in [6.07, 6.45) is 2.93. The van der Waals surface area contributed by atoms with E-state index >= 15 is 0 Å². The largest absolute Gasteiger partial charge is 0.493 e. The molecule has 3 atom stereocenters. The zero-order chi connectivity index (χ0) is 19.7. The summed E-state index contributed by atoms with van der Waals surface area (Å²) in [6.45, 7) is 4.80. The van der Waals surface area contributed by atoms with Gasteiger partial charge in [-0.15, -0.1) is 0 Å². The Kier molecular flexibility index (Phi) is 5.83. The van der Waals surface area contributed by atoms with Crippen LogP contribution in [0.5, 0.6) is 11.5 Å². The molecule has 2 aromatic rings. The van der Waals surface area contributed by atoms with Crippen molar-refractivity contribution in [3.63, 3.8) is 0 Å². The minimum atomic E-state index is -0.0346. The van der Waals surface area contributed by atoms with Crippen LogP contribution >= 0.6 is 27.7 Å². The zero-order valence-electron chi connectivity index (χ0n) is 16.3. The van der Waals surface area contributed by atoms with Gasteiger partial charge in [0.2, 0.25) is 0 Å². The summed E-state index contributed by atoms with van der Waals surface area (Å²) in [5, 5.41) is 1.12. The third-order valence-electron chi connectivity index (χ3n) is 5.21. The van der Waals surface area contributed by atoms with Crippen molar-refractivity contribution in [1.82, 2.24) is 9.88 Å². The predicted molar refractivity (Wildman–Crippen MR) is 117 cm³/mol. The molecule has 0 aliphatic carbocycles. The molecule has 0 amide bonds. The van der Waals surface area contributed by atoms with Crippen molar-refractivity contribution in [2.24, 2.45) is 4.99 Å². The normalized spacial score (nSPS) is 23.5. The molecule has 0 N–H and O–H groups in total. The number of fused-ring (bicyclic) bond motifs is 1. The number of pyridine rings is 1. The highest BCUT2D eigenvalue weighted by atomic mass is 79.9. The molecular formula is C21H24BrN3O2S. The average molecular weight is 462 g/mol. The van der Waals surface area contributed by atoms with E-state index in [1.54, 1.807) is 7.11 Å². The number of methoxy groups -OCH3 is 1. The Hall–Kier alpha value is -1.73. The molecule has 0 unspecified atom stereocenters. The second-order valence-corrected chi connectivity index (χ2v) is 8.64. The fourth-order valence-electron chi connectivity index (χ4n) is 3.90. The number of nitrogens with zero attached hydrogens (tertiary/aromatic N) is 3. The first-order chi connectivity index (χ1) is 13.7. The molecule has 4 rings (SSSR count). The third-order valence-corrected chi connectivity index (χ3v) is 6.93. The standard InChI is InChI=1S/C21H24BrN3O2S/c1-4-14-12-28-21-24-18(16-8-6-7-9-23-16)19(25(14)21)13-10-15(22)20(27-5-2)17(11-13)26-3/h6-11,14,18-19H,4-5,12H2,1-3H3/t14-,18+,19-/m1/s1. The molecule has 0 spiro atoms. The number of ether oxygens (including phenoxy) is 2.